The second-order valence-electron chi connectivity index (χ2n) is 4.34. The van der Waals surface area contributed by atoms with E-state index in [0.29, 0.717) is 6.54 Å². The number of rotatable bonds is 4. The molecule has 0 bridgehead atoms. The molecule has 0 aliphatic heterocycles. The van der Waals surface area contributed by atoms with Crippen molar-refractivity contribution in [2.45, 2.75) is 13.1 Å². The molecule has 19 heavy (non-hydrogen) atoms. The highest BCUT2D eigenvalue weighted by molar-refractivity contribution is 7.10. The van der Waals surface area contributed by atoms with Gasteiger partial charge in [-0.05, 0) is 24.7 Å². The highest BCUT2D eigenvalue weighted by atomic mass is 32.1. The van der Waals surface area contributed by atoms with E-state index in [1.54, 1.807) is 17.5 Å². The summed E-state index contributed by atoms with van der Waals surface area (Å²) in [4.78, 5) is 7.71. The first-order valence-corrected chi connectivity index (χ1v) is 6.99. The number of nitrogens with two attached hydrogens (primary N) is 1. The van der Waals surface area contributed by atoms with Crippen LogP contribution in [0.3, 0.4) is 0 Å². The third kappa shape index (κ3) is 4.49. The van der Waals surface area contributed by atoms with E-state index in [2.05, 4.69) is 46.3 Å². The monoisotopic (exact) mass is 271 g/mol. The van der Waals surface area contributed by atoms with Crippen LogP contribution in [-0.4, -0.2) is 23.5 Å². The van der Waals surface area contributed by atoms with Gasteiger partial charge in [0.15, 0.2) is 0 Å². The van der Waals surface area contributed by atoms with Gasteiger partial charge in [0.25, 0.3) is 0 Å². The fourth-order valence-electron chi connectivity index (χ4n) is 1.81. The number of hydrogen-bond acceptors (Lipinski definition) is 4. The molecular weight excluding hydrogens is 254 g/mol. The molecule has 4 heteroatoms. The van der Waals surface area contributed by atoms with Gasteiger partial charge >= 0.3 is 0 Å². The fourth-order valence-corrected chi connectivity index (χ4v) is 2.70. The average Bonchev–Trinajstić information content (AvgIpc) is 2.85. The molecule has 0 aliphatic carbocycles. The predicted octanol–water partition coefficient (Wildman–Crippen LogP) is 2.09. The van der Waals surface area contributed by atoms with Crippen molar-refractivity contribution in [3.05, 3.63) is 52.0 Å². The number of thiophene rings is 1. The Hall–Kier alpha value is -1.67. The van der Waals surface area contributed by atoms with Crippen LogP contribution in [0.4, 0.5) is 0 Å². The summed E-state index contributed by atoms with van der Waals surface area (Å²) in [6.07, 6.45) is 3.70. The summed E-state index contributed by atoms with van der Waals surface area (Å²) in [6, 6.07) is 6.19. The molecular formula is C15H17N3S. The Labute approximate surface area is 118 Å². The topological polar surface area (TPSA) is 42.2 Å². The zero-order valence-electron chi connectivity index (χ0n) is 11.0. The van der Waals surface area contributed by atoms with E-state index in [-0.39, 0.29) is 0 Å². The summed E-state index contributed by atoms with van der Waals surface area (Å²) in [5, 5.41) is 2.08. The quantitative estimate of drug-likeness (QED) is 0.866. The molecule has 0 spiro atoms. The lowest BCUT2D eigenvalue weighted by Crippen LogP contribution is -2.16. The lowest BCUT2D eigenvalue weighted by atomic mass is 10.2. The minimum atomic E-state index is 0.409. The molecule has 0 amide bonds. The Bertz CT molecular complexity index is 566. The Morgan fingerprint density at radius 2 is 2.32 bits per heavy atom. The normalized spacial score (nSPS) is 10.3. The summed E-state index contributed by atoms with van der Waals surface area (Å²) >= 11 is 1.74. The van der Waals surface area contributed by atoms with Gasteiger partial charge in [-0.2, -0.15) is 0 Å². The Kier molecular flexibility index (Phi) is 5.10. The first kappa shape index (κ1) is 13.8. The smallest absolute Gasteiger partial charge is 0.0555 e. The lowest BCUT2D eigenvalue weighted by molar-refractivity contribution is 0.321. The Morgan fingerprint density at radius 1 is 1.42 bits per heavy atom. The van der Waals surface area contributed by atoms with Gasteiger partial charge in [0, 0.05) is 41.3 Å². The van der Waals surface area contributed by atoms with Crippen LogP contribution in [0.1, 0.15) is 16.0 Å². The van der Waals surface area contributed by atoms with Crippen LogP contribution < -0.4 is 5.73 Å². The first-order chi connectivity index (χ1) is 9.28. The molecule has 2 aromatic heterocycles. The third-order valence-corrected chi connectivity index (χ3v) is 3.51. The van der Waals surface area contributed by atoms with E-state index in [0.717, 1.165) is 18.7 Å². The summed E-state index contributed by atoms with van der Waals surface area (Å²) in [5.74, 6) is 5.93. The molecule has 2 rings (SSSR count). The molecule has 0 aromatic carbocycles. The van der Waals surface area contributed by atoms with Gasteiger partial charge in [0.2, 0.25) is 0 Å². The maximum absolute atomic E-state index is 5.37. The number of pyridine rings is 1. The van der Waals surface area contributed by atoms with Gasteiger partial charge in [-0.1, -0.05) is 17.9 Å². The van der Waals surface area contributed by atoms with Crippen LogP contribution in [0, 0.1) is 11.8 Å². The summed E-state index contributed by atoms with van der Waals surface area (Å²) in [6.45, 7) is 2.23. The van der Waals surface area contributed by atoms with E-state index >= 15 is 0 Å². The van der Waals surface area contributed by atoms with Gasteiger partial charge < -0.3 is 5.73 Å². The van der Waals surface area contributed by atoms with Crippen molar-refractivity contribution >= 4 is 11.3 Å². The fraction of sp³-hybridized carbons (Fsp3) is 0.267. The molecule has 3 nitrogen and oxygen atoms in total. The van der Waals surface area contributed by atoms with E-state index in [1.165, 1.54) is 10.4 Å². The summed E-state index contributed by atoms with van der Waals surface area (Å²) < 4.78 is 0. The van der Waals surface area contributed by atoms with Crippen molar-refractivity contribution in [3.8, 4) is 11.8 Å². The van der Waals surface area contributed by atoms with Gasteiger partial charge in [-0.3, -0.25) is 9.88 Å². The van der Waals surface area contributed by atoms with Crippen molar-refractivity contribution in [2.24, 2.45) is 5.73 Å². The van der Waals surface area contributed by atoms with Gasteiger partial charge in [-0.15, -0.1) is 11.3 Å². The van der Waals surface area contributed by atoms with Crippen molar-refractivity contribution in [2.75, 3.05) is 13.6 Å². The van der Waals surface area contributed by atoms with Crippen LogP contribution in [0.15, 0.2) is 36.0 Å². The first-order valence-electron chi connectivity index (χ1n) is 6.11. The average molecular weight is 271 g/mol. The van der Waals surface area contributed by atoms with Crippen LogP contribution in [0.2, 0.25) is 0 Å². The standard InChI is InChI=1S/C15H17N3S/c1-18(10-14-5-3-7-17-9-14)11-15-8-13(12-19-15)4-2-6-16/h3,5,7-9,12H,6,10-11,16H2,1H3. The van der Waals surface area contributed by atoms with E-state index in [1.807, 2.05) is 12.3 Å². The SMILES string of the molecule is CN(Cc1cccnc1)Cc1cc(C#CCN)cs1. The maximum atomic E-state index is 5.37. The largest absolute Gasteiger partial charge is 0.320 e. The Balaban J connectivity index is 1.92. The molecule has 2 aromatic rings. The van der Waals surface area contributed by atoms with Crippen molar-refractivity contribution < 1.29 is 0 Å². The van der Waals surface area contributed by atoms with Crippen LogP contribution in [0.25, 0.3) is 0 Å². The van der Waals surface area contributed by atoms with Crippen molar-refractivity contribution in [1.82, 2.24) is 9.88 Å². The molecule has 0 saturated heterocycles. The molecule has 2 N–H and O–H groups in total. The second-order valence-corrected chi connectivity index (χ2v) is 5.34. The minimum absolute atomic E-state index is 0.409. The van der Waals surface area contributed by atoms with Gasteiger partial charge in [0.1, 0.15) is 0 Å². The third-order valence-electron chi connectivity index (χ3n) is 2.59. The highest BCUT2D eigenvalue weighted by Gasteiger charge is 2.04. The highest BCUT2D eigenvalue weighted by Crippen LogP contribution is 2.16. The summed E-state index contributed by atoms with van der Waals surface area (Å²) in [5.41, 5.74) is 7.65. The zero-order valence-corrected chi connectivity index (χ0v) is 11.8. The van der Waals surface area contributed by atoms with E-state index < -0.39 is 0 Å². The second kappa shape index (κ2) is 7.05. The molecule has 0 atom stereocenters. The van der Waals surface area contributed by atoms with Crippen LogP contribution in [-0.2, 0) is 13.1 Å². The number of nitrogens with zero attached hydrogens (tertiary/aromatic N) is 2. The molecule has 2 heterocycles. The minimum Gasteiger partial charge on any atom is -0.320 e. The van der Waals surface area contributed by atoms with Crippen molar-refractivity contribution in [3.63, 3.8) is 0 Å². The molecule has 0 aliphatic rings. The summed E-state index contributed by atoms with van der Waals surface area (Å²) in [7, 11) is 2.11. The molecule has 98 valence electrons. The van der Waals surface area contributed by atoms with Crippen LogP contribution >= 0.6 is 11.3 Å². The lowest BCUT2D eigenvalue weighted by Gasteiger charge is -2.15. The van der Waals surface area contributed by atoms with E-state index in [4.69, 9.17) is 5.73 Å². The van der Waals surface area contributed by atoms with Gasteiger partial charge in [-0.25, -0.2) is 0 Å². The molecule has 0 radical (unpaired) electrons. The molecule has 0 fully saturated rings. The van der Waals surface area contributed by atoms with Crippen molar-refractivity contribution in [1.29, 1.82) is 0 Å². The number of aromatic nitrogens is 1. The number of hydrogen-bond donors (Lipinski definition) is 1. The molecule has 0 unspecified atom stereocenters. The van der Waals surface area contributed by atoms with Crippen LogP contribution in [0.5, 0.6) is 0 Å². The maximum Gasteiger partial charge on any atom is 0.0555 e. The van der Waals surface area contributed by atoms with Gasteiger partial charge in [0.05, 0.1) is 6.54 Å². The predicted molar refractivity (Wildman–Crippen MR) is 79.7 cm³/mol. The Morgan fingerprint density at radius 3 is 3.05 bits per heavy atom. The molecule has 0 saturated carbocycles. The zero-order chi connectivity index (χ0) is 13.5. The van der Waals surface area contributed by atoms with E-state index in [9.17, 15) is 0 Å².